The Hall–Kier alpha value is -1.59. The standard InChI is InChI=1S/C53H102O6/c1-6-9-10-11-12-13-18-22-28-33-38-43-51(54)57-46-50(59-53(56)45-40-35-30-25-24-27-32-37-42-49(5)8-3)47-58-52(55)44-39-34-29-23-20-17-15-14-16-19-21-26-31-36-41-48(4)7-2/h48-50H,6-47H2,1-5H3/t48?,49?,50-/m1/s1. The van der Waals surface area contributed by atoms with Crippen LogP contribution in [0.1, 0.15) is 291 Å². The number of ether oxygens (including phenoxy) is 3. The maximum absolute atomic E-state index is 12.8. The summed E-state index contributed by atoms with van der Waals surface area (Å²) in [4.78, 5) is 37.9. The lowest BCUT2D eigenvalue weighted by atomic mass is 9.99. The molecule has 0 aromatic rings. The molecule has 3 atom stereocenters. The van der Waals surface area contributed by atoms with Crippen molar-refractivity contribution in [2.45, 2.75) is 298 Å². The Kier molecular flexibility index (Phi) is 44.7. The number of unbranched alkanes of at least 4 members (excludes halogenated alkanes) is 30. The zero-order valence-corrected chi connectivity index (χ0v) is 40.4. The van der Waals surface area contributed by atoms with E-state index in [-0.39, 0.29) is 31.1 Å². The Labute approximate surface area is 368 Å². The van der Waals surface area contributed by atoms with Crippen LogP contribution in [0.25, 0.3) is 0 Å². The van der Waals surface area contributed by atoms with Crippen molar-refractivity contribution >= 4 is 17.9 Å². The molecule has 59 heavy (non-hydrogen) atoms. The molecule has 0 aliphatic rings. The average molecular weight is 835 g/mol. The highest BCUT2D eigenvalue weighted by Crippen LogP contribution is 2.18. The molecule has 0 aromatic heterocycles. The van der Waals surface area contributed by atoms with Gasteiger partial charge in [0.1, 0.15) is 13.2 Å². The first kappa shape index (κ1) is 57.4. The van der Waals surface area contributed by atoms with Crippen LogP contribution in [-0.4, -0.2) is 37.2 Å². The molecule has 0 N–H and O–H groups in total. The predicted octanol–water partition coefficient (Wildman–Crippen LogP) is 16.9. The van der Waals surface area contributed by atoms with Gasteiger partial charge >= 0.3 is 17.9 Å². The molecule has 0 aliphatic carbocycles. The SMILES string of the molecule is CCCCCCCCCCCCCC(=O)OC[C@H](COC(=O)CCCCCCCCCCCCCCCCC(C)CC)OC(=O)CCCCCCCCCCC(C)CC. The molecule has 350 valence electrons. The summed E-state index contributed by atoms with van der Waals surface area (Å²) < 4.78 is 16.8. The molecule has 2 unspecified atom stereocenters. The smallest absolute Gasteiger partial charge is 0.306 e. The van der Waals surface area contributed by atoms with Crippen LogP contribution in [0.15, 0.2) is 0 Å². The lowest BCUT2D eigenvalue weighted by molar-refractivity contribution is -0.167. The predicted molar refractivity (Wildman–Crippen MR) is 252 cm³/mol. The van der Waals surface area contributed by atoms with Crippen molar-refractivity contribution in [2.24, 2.45) is 11.8 Å². The van der Waals surface area contributed by atoms with E-state index in [0.29, 0.717) is 19.3 Å². The second-order valence-electron chi connectivity index (χ2n) is 18.6. The monoisotopic (exact) mass is 835 g/mol. The summed E-state index contributed by atoms with van der Waals surface area (Å²) in [6.45, 7) is 11.4. The summed E-state index contributed by atoms with van der Waals surface area (Å²) >= 11 is 0. The van der Waals surface area contributed by atoms with Crippen LogP contribution in [0.2, 0.25) is 0 Å². The van der Waals surface area contributed by atoms with Gasteiger partial charge in [-0.25, -0.2) is 0 Å². The molecule has 0 fully saturated rings. The van der Waals surface area contributed by atoms with Crippen LogP contribution in [-0.2, 0) is 28.6 Å². The molecule has 0 rings (SSSR count). The van der Waals surface area contributed by atoms with E-state index in [1.165, 1.54) is 180 Å². The lowest BCUT2D eigenvalue weighted by Crippen LogP contribution is -2.30. The Morgan fingerprint density at radius 3 is 0.881 bits per heavy atom. The quantitative estimate of drug-likeness (QED) is 0.0345. The molecule has 0 heterocycles. The van der Waals surface area contributed by atoms with Gasteiger partial charge in [0.25, 0.3) is 0 Å². The molecule has 0 aromatic carbocycles. The maximum Gasteiger partial charge on any atom is 0.306 e. The van der Waals surface area contributed by atoms with Gasteiger partial charge in [0.2, 0.25) is 0 Å². The van der Waals surface area contributed by atoms with Gasteiger partial charge < -0.3 is 14.2 Å². The average Bonchev–Trinajstić information content (AvgIpc) is 3.23. The van der Waals surface area contributed by atoms with E-state index in [0.717, 1.165) is 69.6 Å². The first-order valence-corrected chi connectivity index (χ1v) is 26.3. The molecule has 0 radical (unpaired) electrons. The van der Waals surface area contributed by atoms with E-state index in [2.05, 4.69) is 34.6 Å². The summed E-state index contributed by atoms with van der Waals surface area (Å²) in [5.74, 6) is 0.891. The number of carbonyl (C=O) groups excluding carboxylic acids is 3. The van der Waals surface area contributed by atoms with Crippen LogP contribution in [0.5, 0.6) is 0 Å². The molecule has 6 heteroatoms. The maximum atomic E-state index is 12.8. The van der Waals surface area contributed by atoms with Crippen molar-refractivity contribution in [3.63, 3.8) is 0 Å². The Morgan fingerprint density at radius 1 is 0.339 bits per heavy atom. The highest BCUT2D eigenvalue weighted by molar-refractivity contribution is 5.71. The van der Waals surface area contributed by atoms with Crippen LogP contribution in [0.3, 0.4) is 0 Å². The summed E-state index contributed by atoms with van der Waals surface area (Å²) in [5, 5.41) is 0. The number of hydrogen-bond acceptors (Lipinski definition) is 6. The van der Waals surface area contributed by atoms with Crippen molar-refractivity contribution in [1.82, 2.24) is 0 Å². The fourth-order valence-electron chi connectivity index (χ4n) is 7.93. The fraction of sp³-hybridized carbons (Fsp3) is 0.943. The number of esters is 3. The summed E-state index contributed by atoms with van der Waals surface area (Å²) in [6.07, 6.45) is 46.5. The minimum atomic E-state index is -0.761. The van der Waals surface area contributed by atoms with Crippen LogP contribution in [0.4, 0.5) is 0 Å². The van der Waals surface area contributed by atoms with Crippen LogP contribution < -0.4 is 0 Å². The number of rotatable bonds is 47. The number of hydrogen-bond donors (Lipinski definition) is 0. The summed E-state index contributed by atoms with van der Waals surface area (Å²) in [6, 6.07) is 0. The Morgan fingerprint density at radius 2 is 0.593 bits per heavy atom. The van der Waals surface area contributed by atoms with Crippen molar-refractivity contribution < 1.29 is 28.6 Å². The molecular formula is C53H102O6. The van der Waals surface area contributed by atoms with Gasteiger partial charge in [0, 0.05) is 19.3 Å². The molecule has 0 bridgehead atoms. The van der Waals surface area contributed by atoms with E-state index in [1.54, 1.807) is 0 Å². The highest BCUT2D eigenvalue weighted by atomic mass is 16.6. The third-order valence-corrected chi connectivity index (χ3v) is 12.7. The second-order valence-corrected chi connectivity index (χ2v) is 18.6. The minimum absolute atomic E-state index is 0.0639. The largest absolute Gasteiger partial charge is 0.462 e. The number of carbonyl (C=O) groups is 3. The van der Waals surface area contributed by atoms with Gasteiger partial charge in [0.15, 0.2) is 6.10 Å². The molecule has 0 spiro atoms. The van der Waals surface area contributed by atoms with Crippen molar-refractivity contribution in [1.29, 1.82) is 0 Å². The van der Waals surface area contributed by atoms with Gasteiger partial charge in [0.05, 0.1) is 0 Å². The third-order valence-electron chi connectivity index (χ3n) is 12.7. The zero-order valence-electron chi connectivity index (χ0n) is 40.4. The summed E-state index contributed by atoms with van der Waals surface area (Å²) in [7, 11) is 0. The fourth-order valence-corrected chi connectivity index (χ4v) is 7.93. The van der Waals surface area contributed by atoms with Gasteiger partial charge in [-0.1, -0.05) is 253 Å². The second kappa shape index (κ2) is 45.9. The Balaban J connectivity index is 4.27. The van der Waals surface area contributed by atoms with E-state index in [9.17, 15) is 14.4 Å². The minimum Gasteiger partial charge on any atom is -0.462 e. The zero-order chi connectivity index (χ0) is 43.3. The first-order chi connectivity index (χ1) is 28.8. The van der Waals surface area contributed by atoms with Gasteiger partial charge in [-0.2, -0.15) is 0 Å². The molecular weight excluding hydrogens is 733 g/mol. The molecule has 0 amide bonds. The summed E-state index contributed by atoms with van der Waals surface area (Å²) in [5.41, 5.74) is 0. The molecule has 6 nitrogen and oxygen atoms in total. The van der Waals surface area contributed by atoms with Crippen molar-refractivity contribution in [2.75, 3.05) is 13.2 Å². The van der Waals surface area contributed by atoms with Crippen LogP contribution >= 0.6 is 0 Å². The van der Waals surface area contributed by atoms with Gasteiger partial charge in [-0.15, -0.1) is 0 Å². The van der Waals surface area contributed by atoms with E-state index in [4.69, 9.17) is 14.2 Å². The molecule has 0 aliphatic heterocycles. The van der Waals surface area contributed by atoms with Gasteiger partial charge in [-0.05, 0) is 31.1 Å². The van der Waals surface area contributed by atoms with Gasteiger partial charge in [-0.3, -0.25) is 14.4 Å². The van der Waals surface area contributed by atoms with E-state index >= 15 is 0 Å². The topological polar surface area (TPSA) is 78.9 Å². The third kappa shape index (κ3) is 44.3. The molecule has 0 saturated carbocycles. The van der Waals surface area contributed by atoms with Crippen LogP contribution in [0, 0.1) is 11.8 Å². The Bertz CT molecular complexity index is 904. The highest BCUT2D eigenvalue weighted by Gasteiger charge is 2.19. The van der Waals surface area contributed by atoms with E-state index < -0.39 is 6.10 Å². The normalized spacial score (nSPS) is 13.0. The molecule has 0 saturated heterocycles. The van der Waals surface area contributed by atoms with E-state index in [1.807, 2.05) is 0 Å². The van der Waals surface area contributed by atoms with Crippen molar-refractivity contribution in [3.05, 3.63) is 0 Å². The van der Waals surface area contributed by atoms with Crippen molar-refractivity contribution in [3.8, 4) is 0 Å². The lowest BCUT2D eigenvalue weighted by Gasteiger charge is -2.18. The first-order valence-electron chi connectivity index (χ1n) is 26.3.